The minimum atomic E-state index is -4.98. The van der Waals surface area contributed by atoms with E-state index in [9.17, 15) is 18.0 Å². The Labute approximate surface area is 104 Å². The van der Waals surface area contributed by atoms with E-state index in [4.69, 9.17) is 22.4 Å². The van der Waals surface area contributed by atoms with Crippen LogP contribution in [0.2, 0.25) is 5.02 Å². The normalized spacial score (nSPS) is 11.4. The second kappa shape index (κ2) is 5.40. The van der Waals surface area contributed by atoms with E-state index < -0.39 is 29.5 Å². The summed E-state index contributed by atoms with van der Waals surface area (Å²) in [5.41, 5.74) is 4.95. The predicted octanol–water partition coefficient (Wildman–Crippen LogP) is 1.72. The molecule has 1 heterocycles. The first-order chi connectivity index (χ1) is 8.24. The summed E-state index contributed by atoms with van der Waals surface area (Å²) in [6.45, 7) is -0.194. The van der Waals surface area contributed by atoms with E-state index in [1.165, 1.54) is 0 Å². The molecular formula is C9H8ClF3N2O3. The first-order valence-electron chi connectivity index (χ1n) is 4.58. The Morgan fingerprint density at radius 3 is 2.61 bits per heavy atom. The number of nitrogens with zero attached hydrogens (tertiary/aromatic N) is 1. The van der Waals surface area contributed by atoms with Crippen LogP contribution in [0, 0.1) is 0 Å². The summed E-state index contributed by atoms with van der Waals surface area (Å²) in [5, 5.41) is 8.14. The molecule has 0 fully saturated rings. The zero-order valence-corrected chi connectivity index (χ0v) is 9.55. The molecule has 0 bridgehead atoms. The minimum absolute atomic E-state index is 0.00921. The summed E-state index contributed by atoms with van der Waals surface area (Å²) in [5.74, 6) is -2.11. The van der Waals surface area contributed by atoms with Crippen molar-refractivity contribution in [3.8, 4) is 5.75 Å². The molecule has 1 aromatic heterocycles. The second-order valence-electron chi connectivity index (χ2n) is 3.20. The third kappa shape index (κ3) is 3.74. The van der Waals surface area contributed by atoms with Crippen molar-refractivity contribution in [3.63, 3.8) is 0 Å². The van der Waals surface area contributed by atoms with Gasteiger partial charge in [-0.3, -0.25) is 9.78 Å². The predicted molar refractivity (Wildman–Crippen MR) is 55.2 cm³/mol. The van der Waals surface area contributed by atoms with Crippen molar-refractivity contribution in [2.45, 2.75) is 19.3 Å². The van der Waals surface area contributed by atoms with Crippen LogP contribution < -0.4 is 10.5 Å². The van der Waals surface area contributed by atoms with Gasteiger partial charge in [-0.2, -0.15) is 0 Å². The quantitative estimate of drug-likeness (QED) is 0.879. The van der Waals surface area contributed by atoms with Crippen LogP contribution in [-0.4, -0.2) is 22.4 Å². The Morgan fingerprint density at radius 1 is 1.56 bits per heavy atom. The van der Waals surface area contributed by atoms with E-state index in [2.05, 4.69) is 9.72 Å². The summed E-state index contributed by atoms with van der Waals surface area (Å²) >= 11 is 5.64. The van der Waals surface area contributed by atoms with Gasteiger partial charge in [0.2, 0.25) is 0 Å². The highest BCUT2D eigenvalue weighted by atomic mass is 35.5. The molecule has 1 aromatic rings. The van der Waals surface area contributed by atoms with Gasteiger partial charge in [-0.05, 0) is 0 Å². The first kappa shape index (κ1) is 14.5. The van der Waals surface area contributed by atoms with Gasteiger partial charge in [-0.15, -0.1) is 13.2 Å². The van der Waals surface area contributed by atoms with Gasteiger partial charge in [0.1, 0.15) is 5.02 Å². The molecule has 0 saturated carbocycles. The van der Waals surface area contributed by atoms with Crippen molar-refractivity contribution in [1.29, 1.82) is 0 Å². The highest BCUT2D eigenvalue weighted by molar-refractivity contribution is 6.32. The molecule has 5 nitrogen and oxygen atoms in total. The molecule has 9 heteroatoms. The van der Waals surface area contributed by atoms with E-state index in [0.29, 0.717) is 0 Å². The Hall–Kier alpha value is -1.54. The van der Waals surface area contributed by atoms with E-state index in [1.54, 1.807) is 0 Å². The highest BCUT2D eigenvalue weighted by Crippen LogP contribution is 2.35. The molecule has 0 saturated heterocycles. The van der Waals surface area contributed by atoms with Gasteiger partial charge >= 0.3 is 12.3 Å². The molecule has 0 unspecified atom stereocenters. The zero-order chi connectivity index (χ0) is 13.9. The Kier molecular flexibility index (Phi) is 4.36. The maximum absolute atomic E-state index is 12.2. The van der Waals surface area contributed by atoms with Crippen LogP contribution >= 0.6 is 11.6 Å². The Bertz CT molecular complexity index is 465. The van der Waals surface area contributed by atoms with Crippen molar-refractivity contribution >= 4 is 17.6 Å². The monoisotopic (exact) mass is 284 g/mol. The lowest BCUT2D eigenvalue weighted by molar-refractivity contribution is -0.274. The van der Waals surface area contributed by atoms with Crippen LogP contribution in [0.25, 0.3) is 0 Å². The summed E-state index contributed by atoms with van der Waals surface area (Å²) in [7, 11) is 0. The molecule has 3 N–H and O–H groups in total. The number of nitrogens with two attached hydrogens (primary N) is 1. The largest absolute Gasteiger partial charge is 0.573 e. The van der Waals surface area contributed by atoms with Crippen molar-refractivity contribution in [1.82, 2.24) is 4.98 Å². The third-order valence-electron chi connectivity index (χ3n) is 1.87. The average molecular weight is 285 g/mol. The fourth-order valence-electron chi connectivity index (χ4n) is 1.20. The lowest BCUT2D eigenvalue weighted by Crippen LogP contribution is -2.20. The molecule has 1 rings (SSSR count). The number of aromatic nitrogens is 1. The SMILES string of the molecule is NCc1ncc(CC(=O)O)c(OC(F)(F)F)c1Cl. The van der Waals surface area contributed by atoms with Crippen LogP contribution in [0.4, 0.5) is 13.2 Å². The first-order valence-corrected chi connectivity index (χ1v) is 4.96. The number of halogens is 4. The van der Waals surface area contributed by atoms with Crippen LogP contribution in [0.15, 0.2) is 6.20 Å². The zero-order valence-electron chi connectivity index (χ0n) is 8.79. The van der Waals surface area contributed by atoms with Crippen molar-refractivity contribution in [2.24, 2.45) is 5.73 Å². The molecular weight excluding hydrogens is 277 g/mol. The van der Waals surface area contributed by atoms with Crippen LogP contribution in [-0.2, 0) is 17.8 Å². The number of aliphatic carboxylic acids is 1. The van der Waals surface area contributed by atoms with Gasteiger partial charge in [-0.25, -0.2) is 0 Å². The topological polar surface area (TPSA) is 85.4 Å². The fourth-order valence-corrected chi connectivity index (χ4v) is 1.49. The number of pyridine rings is 1. The van der Waals surface area contributed by atoms with E-state index in [-0.39, 0.29) is 17.8 Å². The average Bonchev–Trinajstić information content (AvgIpc) is 2.21. The van der Waals surface area contributed by atoms with Gasteiger partial charge in [0.25, 0.3) is 0 Å². The molecule has 0 spiro atoms. The molecule has 0 atom stereocenters. The number of carboxylic acids is 1. The van der Waals surface area contributed by atoms with Crippen molar-refractivity contribution in [3.05, 3.63) is 22.5 Å². The van der Waals surface area contributed by atoms with Gasteiger partial charge in [-0.1, -0.05) is 11.6 Å². The lowest BCUT2D eigenvalue weighted by Gasteiger charge is -2.15. The number of hydrogen-bond donors (Lipinski definition) is 2. The van der Waals surface area contributed by atoms with Crippen molar-refractivity contribution < 1.29 is 27.8 Å². The molecule has 0 aromatic carbocycles. The number of hydrogen-bond acceptors (Lipinski definition) is 4. The molecule has 0 aliphatic carbocycles. The standard InChI is InChI=1S/C9H8ClF3N2O3/c10-7-5(2-14)15-3-4(1-6(16)17)8(7)18-9(11,12)13/h3H,1-2,14H2,(H,16,17). The number of ether oxygens (including phenoxy) is 1. The van der Waals surface area contributed by atoms with E-state index in [0.717, 1.165) is 6.20 Å². The van der Waals surface area contributed by atoms with E-state index in [1.807, 2.05) is 0 Å². The molecule has 0 aliphatic rings. The summed E-state index contributed by atoms with van der Waals surface area (Å²) in [4.78, 5) is 14.2. The summed E-state index contributed by atoms with van der Waals surface area (Å²) < 4.78 is 40.3. The summed E-state index contributed by atoms with van der Waals surface area (Å²) in [6.07, 6.45) is -4.73. The van der Waals surface area contributed by atoms with Gasteiger partial charge in [0.05, 0.1) is 12.1 Å². The number of rotatable bonds is 4. The summed E-state index contributed by atoms with van der Waals surface area (Å²) in [6, 6.07) is 0. The number of alkyl halides is 3. The lowest BCUT2D eigenvalue weighted by atomic mass is 10.1. The maximum Gasteiger partial charge on any atom is 0.573 e. The Morgan fingerprint density at radius 2 is 2.17 bits per heavy atom. The molecule has 0 amide bonds. The Balaban J connectivity index is 3.26. The van der Waals surface area contributed by atoms with Crippen LogP contribution in [0.5, 0.6) is 5.75 Å². The van der Waals surface area contributed by atoms with Gasteiger partial charge in [0, 0.05) is 18.3 Å². The van der Waals surface area contributed by atoms with Gasteiger partial charge < -0.3 is 15.6 Å². The fraction of sp³-hybridized carbons (Fsp3) is 0.333. The number of carbonyl (C=O) groups is 1. The maximum atomic E-state index is 12.2. The third-order valence-corrected chi connectivity index (χ3v) is 2.26. The molecule has 0 aliphatic heterocycles. The molecule has 100 valence electrons. The van der Waals surface area contributed by atoms with Gasteiger partial charge in [0.15, 0.2) is 5.75 Å². The van der Waals surface area contributed by atoms with Crippen LogP contribution in [0.3, 0.4) is 0 Å². The number of carboxylic acid groups (broad SMARTS) is 1. The molecule has 18 heavy (non-hydrogen) atoms. The second-order valence-corrected chi connectivity index (χ2v) is 3.57. The highest BCUT2D eigenvalue weighted by Gasteiger charge is 2.34. The van der Waals surface area contributed by atoms with Crippen molar-refractivity contribution in [2.75, 3.05) is 0 Å². The minimum Gasteiger partial charge on any atom is -0.481 e. The molecule has 0 radical (unpaired) electrons. The smallest absolute Gasteiger partial charge is 0.481 e. The van der Waals surface area contributed by atoms with E-state index >= 15 is 0 Å². The van der Waals surface area contributed by atoms with Crippen LogP contribution in [0.1, 0.15) is 11.3 Å².